The molecule has 0 saturated heterocycles. The molecule has 0 unspecified atom stereocenters. The smallest absolute Gasteiger partial charge is 0.342 e. The van der Waals surface area contributed by atoms with Crippen molar-refractivity contribution in [2.75, 3.05) is 27.0 Å². The Bertz CT molecular complexity index is 780. The number of methoxy groups -OCH3 is 1. The van der Waals surface area contributed by atoms with Gasteiger partial charge < -0.3 is 14.4 Å². The second kappa shape index (κ2) is 9.64. The summed E-state index contributed by atoms with van der Waals surface area (Å²) in [7, 11) is 3.17. The molecule has 0 atom stereocenters. The van der Waals surface area contributed by atoms with E-state index in [1.165, 1.54) is 12.0 Å². The van der Waals surface area contributed by atoms with Gasteiger partial charge in [-0.15, -0.1) is 11.8 Å². The first kappa shape index (κ1) is 20.3. The van der Waals surface area contributed by atoms with Crippen molar-refractivity contribution in [3.8, 4) is 5.75 Å². The molecule has 0 aliphatic rings. The van der Waals surface area contributed by atoms with Crippen molar-refractivity contribution in [2.45, 2.75) is 11.4 Å². The Labute approximate surface area is 165 Å². The molecule has 138 valence electrons. The molecule has 0 aliphatic heterocycles. The molecule has 0 bridgehead atoms. The highest BCUT2D eigenvalue weighted by atomic mass is 79.9. The van der Waals surface area contributed by atoms with Gasteiger partial charge in [-0.25, -0.2) is 4.79 Å². The fourth-order valence-electron chi connectivity index (χ4n) is 2.23. The Morgan fingerprint density at radius 2 is 1.85 bits per heavy atom. The average molecular weight is 438 g/mol. The third-order valence-electron chi connectivity index (χ3n) is 3.71. The van der Waals surface area contributed by atoms with E-state index in [2.05, 4.69) is 15.9 Å². The monoisotopic (exact) mass is 437 g/mol. The van der Waals surface area contributed by atoms with Gasteiger partial charge in [0, 0.05) is 23.0 Å². The standard InChI is InChI=1S/C19H20BrNO4S/c1-21(11-13-4-6-14(20)7-5-13)18(22)12-25-19(23)16-9-8-15(26-3)10-17(16)24-2/h4-10H,11-12H2,1-3H3. The summed E-state index contributed by atoms with van der Waals surface area (Å²) in [5.74, 6) is -0.432. The van der Waals surface area contributed by atoms with Crippen LogP contribution in [0, 0.1) is 0 Å². The molecular weight excluding hydrogens is 418 g/mol. The Kier molecular flexibility index (Phi) is 7.53. The third kappa shape index (κ3) is 5.51. The zero-order valence-electron chi connectivity index (χ0n) is 14.8. The Balaban J connectivity index is 1.93. The Morgan fingerprint density at radius 1 is 1.15 bits per heavy atom. The highest BCUT2D eigenvalue weighted by molar-refractivity contribution is 9.10. The molecular formula is C19H20BrNO4S. The van der Waals surface area contributed by atoms with E-state index in [4.69, 9.17) is 9.47 Å². The molecule has 0 N–H and O–H groups in total. The lowest BCUT2D eigenvalue weighted by Gasteiger charge is -2.17. The highest BCUT2D eigenvalue weighted by Gasteiger charge is 2.17. The molecule has 1 amide bonds. The lowest BCUT2D eigenvalue weighted by Crippen LogP contribution is -2.30. The number of hydrogen-bond donors (Lipinski definition) is 0. The van der Waals surface area contributed by atoms with Crippen LogP contribution in [0.4, 0.5) is 0 Å². The molecule has 0 saturated carbocycles. The van der Waals surface area contributed by atoms with Gasteiger partial charge in [-0.05, 0) is 42.2 Å². The highest BCUT2D eigenvalue weighted by Crippen LogP contribution is 2.25. The maximum absolute atomic E-state index is 12.3. The number of carbonyl (C=O) groups excluding carboxylic acids is 2. The van der Waals surface area contributed by atoms with Crippen LogP contribution in [-0.2, 0) is 16.1 Å². The number of halogens is 1. The molecule has 26 heavy (non-hydrogen) atoms. The van der Waals surface area contributed by atoms with Gasteiger partial charge in [0.1, 0.15) is 11.3 Å². The van der Waals surface area contributed by atoms with Crippen molar-refractivity contribution in [3.05, 3.63) is 58.1 Å². The summed E-state index contributed by atoms with van der Waals surface area (Å²) in [6.07, 6.45) is 1.94. The number of nitrogens with zero attached hydrogens (tertiary/aromatic N) is 1. The van der Waals surface area contributed by atoms with Crippen molar-refractivity contribution in [1.29, 1.82) is 0 Å². The minimum absolute atomic E-state index is 0.277. The number of ether oxygens (including phenoxy) is 2. The number of benzene rings is 2. The molecule has 7 heteroatoms. The van der Waals surface area contributed by atoms with Gasteiger partial charge in [0.2, 0.25) is 0 Å². The summed E-state index contributed by atoms with van der Waals surface area (Å²) in [4.78, 5) is 27.0. The fraction of sp³-hybridized carbons (Fsp3) is 0.263. The molecule has 0 spiro atoms. The van der Waals surface area contributed by atoms with Crippen LogP contribution in [0.1, 0.15) is 15.9 Å². The van der Waals surface area contributed by atoms with Crippen molar-refractivity contribution in [1.82, 2.24) is 4.90 Å². The van der Waals surface area contributed by atoms with Gasteiger partial charge in [-0.2, -0.15) is 0 Å². The molecule has 0 radical (unpaired) electrons. The number of hydrogen-bond acceptors (Lipinski definition) is 5. The quantitative estimate of drug-likeness (QED) is 0.483. The van der Waals surface area contributed by atoms with Gasteiger partial charge in [0.15, 0.2) is 6.61 Å². The van der Waals surface area contributed by atoms with Crippen molar-refractivity contribution in [2.24, 2.45) is 0 Å². The predicted molar refractivity (Wildman–Crippen MR) is 106 cm³/mol. The zero-order valence-corrected chi connectivity index (χ0v) is 17.2. The summed E-state index contributed by atoms with van der Waals surface area (Å²) >= 11 is 4.92. The lowest BCUT2D eigenvalue weighted by atomic mass is 10.2. The molecule has 2 aromatic carbocycles. The van der Waals surface area contributed by atoms with E-state index in [9.17, 15) is 9.59 Å². The first-order valence-corrected chi connectivity index (χ1v) is 9.84. The molecule has 0 aliphatic carbocycles. The molecule has 0 fully saturated rings. The van der Waals surface area contributed by atoms with Crippen molar-refractivity contribution < 1.29 is 19.1 Å². The van der Waals surface area contributed by atoms with Gasteiger partial charge in [0.05, 0.1) is 7.11 Å². The van der Waals surface area contributed by atoms with E-state index in [1.807, 2.05) is 36.6 Å². The number of thioether (sulfide) groups is 1. The van der Waals surface area contributed by atoms with Crippen molar-refractivity contribution in [3.63, 3.8) is 0 Å². The molecule has 0 heterocycles. The van der Waals surface area contributed by atoms with E-state index < -0.39 is 5.97 Å². The first-order valence-electron chi connectivity index (χ1n) is 7.82. The van der Waals surface area contributed by atoms with E-state index in [0.717, 1.165) is 14.9 Å². The average Bonchev–Trinajstić information content (AvgIpc) is 2.66. The minimum atomic E-state index is -0.583. The normalized spacial score (nSPS) is 10.3. The van der Waals surface area contributed by atoms with Crippen LogP contribution in [0.15, 0.2) is 51.8 Å². The SMILES string of the molecule is COc1cc(SC)ccc1C(=O)OCC(=O)N(C)Cc1ccc(Br)cc1. The molecule has 2 aromatic rings. The predicted octanol–water partition coefficient (Wildman–Crippen LogP) is 4.00. The summed E-state index contributed by atoms with van der Waals surface area (Å²) in [6, 6.07) is 12.9. The summed E-state index contributed by atoms with van der Waals surface area (Å²) in [5, 5.41) is 0. The van der Waals surface area contributed by atoms with Crippen LogP contribution >= 0.6 is 27.7 Å². The van der Waals surface area contributed by atoms with E-state index in [1.54, 1.807) is 30.9 Å². The summed E-state index contributed by atoms with van der Waals surface area (Å²) < 4.78 is 11.4. The third-order valence-corrected chi connectivity index (χ3v) is 4.97. The Morgan fingerprint density at radius 3 is 2.46 bits per heavy atom. The van der Waals surface area contributed by atoms with Crippen LogP contribution < -0.4 is 4.74 Å². The van der Waals surface area contributed by atoms with Crippen LogP contribution in [0.2, 0.25) is 0 Å². The van der Waals surface area contributed by atoms with Crippen LogP contribution in [0.5, 0.6) is 5.75 Å². The summed E-state index contributed by atoms with van der Waals surface area (Å²) in [6.45, 7) is 0.120. The molecule has 2 rings (SSSR count). The lowest BCUT2D eigenvalue weighted by molar-refractivity contribution is -0.133. The number of rotatable bonds is 7. The maximum atomic E-state index is 12.3. The number of likely N-dealkylation sites (N-methyl/N-ethyl adjacent to an activating group) is 1. The van der Waals surface area contributed by atoms with Gasteiger partial charge in [-0.1, -0.05) is 28.1 Å². The van der Waals surface area contributed by atoms with Crippen LogP contribution in [-0.4, -0.2) is 43.8 Å². The number of amides is 1. The van der Waals surface area contributed by atoms with E-state index >= 15 is 0 Å². The minimum Gasteiger partial charge on any atom is -0.496 e. The summed E-state index contributed by atoms with van der Waals surface area (Å²) in [5.41, 5.74) is 1.29. The van der Waals surface area contributed by atoms with Crippen LogP contribution in [0.3, 0.4) is 0 Å². The zero-order chi connectivity index (χ0) is 19.1. The number of esters is 1. The topological polar surface area (TPSA) is 55.8 Å². The van der Waals surface area contributed by atoms with Crippen LogP contribution in [0.25, 0.3) is 0 Å². The molecule has 0 aromatic heterocycles. The van der Waals surface area contributed by atoms with Gasteiger partial charge in [-0.3, -0.25) is 4.79 Å². The molecule has 5 nitrogen and oxygen atoms in total. The van der Waals surface area contributed by atoms with E-state index in [-0.39, 0.29) is 12.5 Å². The number of carbonyl (C=O) groups is 2. The largest absolute Gasteiger partial charge is 0.496 e. The van der Waals surface area contributed by atoms with Crippen molar-refractivity contribution >= 4 is 39.6 Å². The Hall–Kier alpha value is -1.99. The second-order valence-electron chi connectivity index (χ2n) is 5.52. The van der Waals surface area contributed by atoms with Gasteiger partial charge in [0.25, 0.3) is 5.91 Å². The second-order valence-corrected chi connectivity index (χ2v) is 7.31. The van der Waals surface area contributed by atoms with E-state index in [0.29, 0.717) is 17.9 Å². The fourth-order valence-corrected chi connectivity index (χ4v) is 2.93. The first-order chi connectivity index (χ1) is 12.4. The maximum Gasteiger partial charge on any atom is 0.342 e. The van der Waals surface area contributed by atoms with Gasteiger partial charge >= 0.3 is 5.97 Å².